The first-order valence-corrected chi connectivity index (χ1v) is 6.04. The number of carbonyl (C=O) groups excluding carboxylic acids is 2. The van der Waals surface area contributed by atoms with Crippen LogP contribution in [0.2, 0.25) is 0 Å². The van der Waals surface area contributed by atoms with Crippen LogP contribution in [0.5, 0.6) is 0 Å². The number of nitrogens with zero attached hydrogens (tertiary/aromatic N) is 3. The Labute approximate surface area is 109 Å². The summed E-state index contributed by atoms with van der Waals surface area (Å²) in [5.41, 5.74) is 0.279. The summed E-state index contributed by atoms with van der Waals surface area (Å²) in [6, 6.07) is 0. The van der Waals surface area contributed by atoms with Gasteiger partial charge in [-0.15, -0.1) is 0 Å². The van der Waals surface area contributed by atoms with Gasteiger partial charge in [0.15, 0.2) is 5.69 Å². The maximum atomic E-state index is 12.0. The summed E-state index contributed by atoms with van der Waals surface area (Å²) in [6.07, 6.45) is 1.55. The fourth-order valence-corrected chi connectivity index (χ4v) is 1.67. The predicted molar refractivity (Wildman–Crippen MR) is 64.3 cm³/mol. The summed E-state index contributed by atoms with van der Waals surface area (Å²) in [4.78, 5) is 24.6. The van der Waals surface area contributed by atoms with Crippen molar-refractivity contribution >= 4 is 23.6 Å². The van der Waals surface area contributed by atoms with E-state index in [1.54, 1.807) is 7.11 Å². The number of aromatic nitrogens is 2. The smallest absolute Gasteiger partial charge is 0.307 e. The number of amides is 1. The van der Waals surface area contributed by atoms with Gasteiger partial charge in [0.1, 0.15) is 0 Å². The van der Waals surface area contributed by atoms with Gasteiger partial charge < -0.3 is 14.4 Å². The molecule has 1 rings (SSSR count). The largest absolute Gasteiger partial charge is 0.469 e. The van der Waals surface area contributed by atoms with Crippen molar-refractivity contribution in [1.29, 1.82) is 0 Å². The van der Waals surface area contributed by atoms with Gasteiger partial charge in [-0.25, -0.2) is 0 Å². The molecule has 7 nitrogen and oxygen atoms in total. The van der Waals surface area contributed by atoms with E-state index in [-0.39, 0.29) is 30.5 Å². The van der Waals surface area contributed by atoms with Crippen molar-refractivity contribution < 1.29 is 19.1 Å². The van der Waals surface area contributed by atoms with Crippen molar-refractivity contribution in [2.45, 2.75) is 6.42 Å². The Morgan fingerprint density at radius 2 is 2.17 bits per heavy atom. The van der Waals surface area contributed by atoms with Crippen LogP contribution in [-0.4, -0.2) is 59.4 Å². The molecule has 0 aliphatic carbocycles. The van der Waals surface area contributed by atoms with Gasteiger partial charge in [0, 0.05) is 20.2 Å². The predicted octanol–water partition coefficient (Wildman–Crippen LogP) is 0.190. The third-order valence-electron chi connectivity index (χ3n) is 2.25. The summed E-state index contributed by atoms with van der Waals surface area (Å²) in [5.74, 6) is -0.619. The minimum absolute atomic E-state index is 0.142. The highest BCUT2D eigenvalue weighted by molar-refractivity contribution is 6.99. The van der Waals surface area contributed by atoms with Gasteiger partial charge >= 0.3 is 5.97 Å². The summed E-state index contributed by atoms with van der Waals surface area (Å²) >= 11 is 0.968. The first-order chi connectivity index (χ1) is 8.69. The molecule has 0 aromatic carbocycles. The molecule has 0 fully saturated rings. The molecule has 0 saturated carbocycles. The zero-order chi connectivity index (χ0) is 13.4. The molecule has 100 valence electrons. The number of esters is 1. The number of methoxy groups -OCH3 is 2. The lowest BCUT2D eigenvalue weighted by molar-refractivity contribution is -0.140. The van der Waals surface area contributed by atoms with Crippen molar-refractivity contribution in [1.82, 2.24) is 13.6 Å². The Kier molecular flexibility index (Phi) is 6.23. The van der Waals surface area contributed by atoms with Gasteiger partial charge in [-0.2, -0.15) is 8.75 Å². The molecule has 0 radical (unpaired) electrons. The summed E-state index contributed by atoms with van der Waals surface area (Å²) < 4.78 is 17.1. The molecular weight excluding hydrogens is 258 g/mol. The van der Waals surface area contributed by atoms with E-state index in [4.69, 9.17) is 4.74 Å². The van der Waals surface area contributed by atoms with Crippen LogP contribution < -0.4 is 0 Å². The molecule has 0 unspecified atom stereocenters. The zero-order valence-electron chi connectivity index (χ0n) is 10.3. The Balaban J connectivity index is 2.59. The Morgan fingerprint density at radius 1 is 1.39 bits per heavy atom. The number of carbonyl (C=O) groups is 2. The first kappa shape index (κ1) is 14.5. The molecule has 1 amide bonds. The molecule has 18 heavy (non-hydrogen) atoms. The molecule has 1 heterocycles. The average molecular weight is 273 g/mol. The topological polar surface area (TPSA) is 81.6 Å². The van der Waals surface area contributed by atoms with Crippen LogP contribution in [0, 0.1) is 0 Å². The molecule has 1 aromatic heterocycles. The second-order valence-corrected chi connectivity index (χ2v) is 3.96. The summed E-state index contributed by atoms with van der Waals surface area (Å²) in [5, 5.41) is 0. The Bertz CT molecular complexity index is 382. The van der Waals surface area contributed by atoms with E-state index in [0.29, 0.717) is 13.2 Å². The molecule has 0 saturated heterocycles. The third-order valence-corrected chi connectivity index (χ3v) is 2.72. The van der Waals surface area contributed by atoms with Crippen molar-refractivity contribution in [3.8, 4) is 0 Å². The monoisotopic (exact) mass is 273 g/mol. The van der Waals surface area contributed by atoms with Crippen LogP contribution >= 0.6 is 11.7 Å². The minimum Gasteiger partial charge on any atom is -0.469 e. The van der Waals surface area contributed by atoms with Gasteiger partial charge in [0.2, 0.25) is 0 Å². The second-order valence-electron chi connectivity index (χ2n) is 3.40. The summed E-state index contributed by atoms with van der Waals surface area (Å²) in [7, 11) is 2.86. The second kappa shape index (κ2) is 7.72. The van der Waals surface area contributed by atoms with E-state index >= 15 is 0 Å². The molecule has 0 atom stereocenters. The number of ether oxygens (including phenoxy) is 2. The molecule has 0 spiro atoms. The van der Waals surface area contributed by atoms with Gasteiger partial charge in [-0.1, -0.05) is 0 Å². The van der Waals surface area contributed by atoms with Crippen molar-refractivity contribution in [3.05, 3.63) is 11.9 Å². The molecule has 0 aliphatic heterocycles. The molecular formula is C10H15N3O4S. The quantitative estimate of drug-likeness (QED) is 0.660. The molecule has 0 bridgehead atoms. The van der Waals surface area contributed by atoms with Gasteiger partial charge in [-0.3, -0.25) is 9.59 Å². The minimum atomic E-state index is -0.360. The highest BCUT2D eigenvalue weighted by Crippen LogP contribution is 2.04. The van der Waals surface area contributed by atoms with Crippen LogP contribution in [0.15, 0.2) is 6.20 Å². The lowest BCUT2D eigenvalue weighted by Gasteiger charge is -2.20. The van der Waals surface area contributed by atoms with E-state index in [1.807, 2.05) is 0 Å². The maximum Gasteiger partial charge on any atom is 0.307 e. The average Bonchev–Trinajstić information content (AvgIpc) is 2.91. The SMILES string of the molecule is COCCN(CCC(=O)OC)C(=O)c1cnsn1. The normalized spacial score (nSPS) is 10.1. The highest BCUT2D eigenvalue weighted by Gasteiger charge is 2.18. The van der Waals surface area contributed by atoms with Gasteiger partial charge in [0.05, 0.1) is 38.1 Å². The van der Waals surface area contributed by atoms with E-state index in [1.165, 1.54) is 18.2 Å². The highest BCUT2D eigenvalue weighted by atomic mass is 32.1. The molecule has 0 N–H and O–H groups in total. The standard InChI is InChI=1S/C10H15N3O4S/c1-16-6-5-13(4-3-9(14)17-2)10(15)8-7-11-18-12-8/h7H,3-6H2,1-2H3. The van der Waals surface area contributed by atoms with Crippen LogP contribution in [0.25, 0.3) is 0 Å². The number of rotatable bonds is 7. The molecule has 1 aromatic rings. The van der Waals surface area contributed by atoms with Gasteiger partial charge in [-0.05, 0) is 0 Å². The van der Waals surface area contributed by atoms with Crippen LogP contribution in [0.1, 0.15) is 16.9 Å². The van der Waals surface area contributed by atoms with Crippen molar-refractivity contribution in [2.24, 2.45) is 0 Å². The van der Waals surface area contributed by atoms with E-state index in [9.17, 15) is 9.59 Å². The van der Waals surface area contributed by atoms with Crippen LogP contribution in [0.3, 0.4) is 0 Å². The maximum absolute atomic E-state index is 12.0. The lowest BCUT2D eigenvalue weighted by atomic mass is 10.3. The summed E-state index contributed by atoms with van der Waals surface area (Å²) in [6.45, 7) is 1.06. The molecule has 8 heteroatoms. The van der Waals surface area contributed by atoms with Crippen molar-refractivity contribution in [2.75, 3.05) is 33.9 Å². The number of hydrogen-bond acceptors (Lipinski definition) is 7. The third kappa shape index (κ3) is 4.38. The van der Waals surface area contributed by atoms with E-state index in [2.05, 4.69) is 13.5 Å². The fraction of sp³-hybridized carbons (Fsp3) is 0.600. The van der Waals surface area contributed by atoms with Gasteiger partial charge in [0.25, 0.3) is 5.91 Å². The van der Waals surface area contributed by atoms with E-state index in [0.717, 1.165) is 11.7 Å². The number of hydrogen-bond donors (Lipinski definition) is 0. The van der Waals surface area contributed by atoms with Crippen molar-refractivity contribution in [3.63, 3.8) is 0 Å². The molecule has 0 aliphatic rings. The van der Waals surface area contributed by atoms with E-state index < -0.39 is 0 Å². The fourth-order valence-electron chi connectivity index (χ4n) is 1.27. The lowest BCUT2D eigenvalue weighted by Crippen LogP contribution is -2.36. The Hall–Kier alpha value is -1.54. The first-order valence-electron chi connectivity index (χ1n) is 5.31. The zero-order valence-corrected chi connectivity index (χ0v) is 11.1. The van der Waals surface area contributed by atoms with Crippen LogP contribution in [0.4, 0.5) is 0 Å². The Morgan fingerprint density at radius 3 is 2.72 bits per heavy atom. The van der Waals surface area contributed by atoms with Crippen LogP contribution in [-0.2, 0) is 14.3 Å².